The van der Waals surface area contributed by atoms with Crippen LogP contribution in [0.25, 0.3) is 16.9 Å². The van der Waals surface area contributed by atoms with E-state index in [1.54, 1.807) is 35.3 Å². The number of nitrogens with one attached hydrogen (secondary N) is 1. The predicted molar refractivity (Wildman–Crippen MR) is 109 cm³/mol. The van der Waals surface area contributed by atoms with E-state index in [1.165, 1.54) is 18.6 Å². The highest BCUT2D eigenvalue weighted by Gasteiger charge is 2.24. The van der Waals surface area contributed by atoms with Crippen LogP contribution in [0.1, 0.15) is 30.3 Å². The van der Waals surface area contributed by atoms with Crippen LogP contribution < -0.4 is 5.32 Å². The van der Waals surface area contributed by atoms with E-state index in [-0.39, 0.29) is 11.7 Å². The fourth-order valence-corrected chi connectivity index (χ4v) is 3.83. The molecule has 1 N–H and O–H groups in total. The molecule has 1 atom stereocenters. The Morgan fingerprint density at radius 2 is 2.10 bits per heavy atom. The van der Waals surface area contributed by atoms with Gasteiger partial charge in [-0.3, -0.25) is 14.7 Å². The van der Waals surface area contributed by atoms with Gasteiger partial charge in [-0.15, -0.1) is 0 Å². The van der Waals surface area contributed by atoms with E-state index >= 15 is 0 Å². The lowest BCUT2D eigenvalue weighted by atomic mass is 10.2. The predicted octanol–water partition coefficient (Wildman–Crippen LogP) is 3.29. The largest absolute Gasteiger partial charge is 0.349 e. The number of nitrogens with zero attached hydrogens (tertiary/aromatic N) is 4. The second kappa shape index (κ2) is 8.53. The average Bonchev–Trinajstić information content (AvgIpc) is 3.40. The summed E-state index contributed by atoms with van der Waals surface area (Å²) in [7, 11) is 0. The van der Waals surface area contributed by atoms with Gasteiger partial charge in [0.15, 0.2) is 5.69 Å². The zero-order chi connectivity index (χ0) is 20.2. The van der Waals surface area contributed by atoms with E-state index < -0.39 is 0 Å². The van der Waals surface area contributed by atoms with Crippen LogP contribution in [0.5, 0.6) is 0 Å². The lowest BCUT2D eigenvalue weighted by Crippen LogP contribution is -2.40. The fraction of sp³-hybridized carbons (Fsp3) is 0.318. The molecule has 0 saturated carbocycles. The molecule has 1 saturated heterocycles. The van der Waals surface area contributed by atoms with Gasteiger partial charge in [0.1, 0.15) is 5.82 Å². The Morgan fingerprint density at radius 1 is 1.28 bits per heavy atom. The summed E-state index contributed by atoms with van der Waals surface area (Å²) in [4.78, 5) is 19.3. The second-order valence-electron chi connectivity index (χ2n) is 7.18. The lowest BCUT2D eigenvalue weighted by molar-refractivity contribution is 0.0936. The van der Waals surface area contributed by atoms with Crippen molar-refractivity contribution in [1.29, 1.82) is 0 Å². The van der Waals surface area contributed by atoms with E-state index in [9.17, 15) is 9.18 Å². The van der Waals surface area contributed by atoms with Crippen molar-refractivity contribution in [3.05, 3.63) is 66.4 Å². The molecule has 150 valence electrons. The summed E-state index contributed by atoms with van der Waals surface area (Å²) >= 11 is 0. The number of benzene rings is 1. The highest BCUT2D eigenvalue weighted by atomic mass is 19.1. The summed E-state index contributed by atoms with van der Waals surface area (Å²) in [6.45, 7) is 4.83. The molecule has 29 heavy (non-hydrogen) atoms. The number of likely N-dealkylation sites (N-methyl/N-ethyl adjacent to an activating group) is 1. The van der Waals surface area contributed by atoms with Crippen LogP contribution in [0.4, 0.5) is 4.39 Å². The molecule has 7 heteroatoms. The quantitative estimate of drug-likeness (QED) is 0.698. The zero-order valence-corrected chi connectivity index (χ0v) is 16.4. The molecule has 1 aliphatic rings. The third kappa shape index (κ3) is 4.19. The molecule has 4 rings (SSSR count). The van der Waals surface area contributed by atoms with Crippen LogP contribution >= 0.6 is 0 Å². The van der Waals surface area contributed by atoms with Gasteiger partial charge in [-0.2, -0.15) is 5.10 Å². The van der Waals surface area contributed by atoms with E-state index in [4.69, 9.17) is 0 Å². The molecule has 0 aliphatic carbocycles. The molecular formula is C22H24FN5O. The molecule has 3 aromatic rings. The first kappa shape index (κ1) is 19.3. The Labute approximate surface area is 169 Å². The number of carbonyl (C=O) groups is 1. The monoisotopic (exact) mass is 393 g/mol. The average molecular weight is 393 g/mol. The molecule has 0 radical (unpaired) electrons. The Hall–Kier alpha value is -3.06. The summed E-state index contributed by atoms with van der Waals surface area (Å²) in [5.41, 5.74) is 2.56. The highest BCUT2D eigenvalue weighted by Crippen LogP contribution is 2.24. The first-order chi connectivity index (χ1) is 14.2. The number of pyridine rings is 1. The molecule has 3 heterocycles. The van der Waals surface area contributed by atoms with E-state index in [2.05, 4.69) is 27.2 Å². The normalized spacial score (nSPS) is 16.8. The highest BCUT2D eigenvalue weighted by molar-refractivity contribution is 5.93. The third-order valence-electron chi connectivity index (χ3n) is 5.37. The molecule has 1 aliphatic heterocycles. The summed E-state index contributed by atoms with van der Waals surface area (Å²) in [5, 5.41) is 7.54. The smallest absolute Gasteiger partial charge is 0.271 e. The van der Waals surface area contributed by atoms with Gasteiger partial charge in [-0.05, 0) is 68.4 Å². The van der Waals surface area contributed by atoms with Crippen LogP contribution in [0, 0.1) is 5.82 Å². The minimum Gasteiger partial charge on any atom is -0.349 e. The summed E-state index contributed by atoms with van der Waals surface area (Å²) < 4.78 is 15.0. The number of aromatic nitrogens is 3. The number of likely N-dealkylation sites (tertiary alicyclic amines) is 1. The molecular weight excluding hydrogens is 369 g/mol. The minimum atomic E-state index is -0.321. The number of amides is 1. The van der Waals surface area contributed by atoms with Crippen molar-refractivity contribution < 1.29 is 9.18 Å². The Morgan fingerprint density at radius 3 is 2.83 bits per heavy atom. The zero-order valence-electron chi connectivity index (χ0n) is 16.4. The van der Waals surface area contributed by atoms with Crippen LogP contribution in [0.3, 0.4) is 0 Å². The van der Waals surface area contributed by atoms with Gasteiger partial charge in [0, 0.05) is 30.5 Å². The second-order valence-corrected chi connectivity index (χ2v) is 7.18. The van der Waals surface area contributed by atoms with E-state index in [0.29, 0.717) is 24.0 Å². The number of hydrogen-bond acceptors (Lipinski definition) is 4. The van der Waals surface area contributed by atoms with Gasteiger partial charge >= 0.3 is 0 Å². The van der Waals surface area contributed by atoms with Crippen molar-refractivity contribution in [2.24, 2.45) is 0 Å². The van der Waals surface area contributed by atoms with E-state index in [1.807, 2.05) is 12.1 Å². The molecule has 6 nitrogen and oxygen atoms in total. The van der Waals surface area contributed by atoms with Gasteiger partial charge in [0.05, 0.1) is 11.4 Å². The maximum Gasteiger partial charge on any atom is 0.271 e. The molecule has 0 unspecified atom stereocenters. The lowest BCUT2D eigenvalue weighted by Gasteiger charge is -2.22. The maximum atomic E-state index is 13.4. The van der Waals surface area contributed by atoms with Gasteiger partial charge in [0.25, 0.3) is 5.91 Å². The van der Waals surface area contributed by atoms with Crippen molar-refractivity contribution in [1.82, 2.24) is 25.0 Å². The summed E-state index contributed by atoms with van der Waals surface area (Å²) in [6, 6.07) is 11.9. The number of hydrogen-bond donors (Lipinski definition) is 1. The molecule has 0 spiro atoms. The number of rotatable bonds is 6. The van der Waals surface area contributed by atoms with Crippen LogP contribution in [0.2, 0.25) is 0 Å². The van der Waals surface area contributed by atoms with Crippen LogP contribution in [-0.4, -0.2) is 51.2 Å². The third-order valence-corrected chi connectivity index (χ3v) is 5.37. The minimum absolute atomic E-state index is 0.209. The molecule has 2 aromatic heterocycles. The molecule has 1 fully saturated rings. The topological polar surface area (TPSA) is 63.1 Å². The van der Waals surface area contributed by atoms with Crippen LogP contribution in [-0.2, 0) is 0 Å². The molecule has 1 aromatic carbocycles. The first-order valence-electron chi connectivity index (χ1n) is 9.94. The van der Waals surface area contributed by atoms with Gasteiger partial charge in [-0.1, -0.05) is 6.92 Å². The first-order valence-corrected chi connectivity index (χ1v) is 9.94. The van der Waals surface area contributed by atoms with Crippen molar-refractivity contribution in [3.63, 3.8) is 0 Å². The SMILES string of the molecule is CCN1CCC[C@H]1CNC(=O)c1cc(-c2cccnc2)n(-c2ccc(F)cc2)n1. The fourth-order valence-electron chi connectivity index (χ4n) is 3.83. The Kier molecular flexibility index (Phi) is 5.67. The van der Waals surface area contributed by atoms with Crippen molar-refractivity contribution in [3.8, 4) is 16.9 Å². The molecule has 0 bridgehead atoms. The van der Waals surface area contributed by atoms with Gasteiger partial charge in [-0.25, -0.2) is 9.07 Å². The van der Waals surface area contributed by atoms with Crippen molar-refractivity contribution >= 4 is 5.91 Å². The summed E-state index contributed by atoms with van der Waals surface area (Å²) in [5.74, 6) is -0.530. The molecule has 1 amide bonds. The number of carbonyl (C=O) groups excluding carboxylic acids is 1. The number of halogens is 1. The summed E-state index contributed by atoms with van der Waals surface area (Å²) in [6.07, 6.45) is 5.67. The maximum absolute atomic E-state index is 13.4. The van der Waals surface area contributed by atoms with Crippen molar-refractivity contribution in [2.75, 3.05) is 19.6 Å². The standard InChI is InChI=1S/C22H24FN5O/c1-2-27-12-4-6-19(27)15-25-22(29)20-13-21(16-5-3-11-24-14-16)28(26-20)18-9-7-17(23)8-10-18/h3,5,7-11,13-14,19H,2,4,6,12,15H2,1H3,(H,25,29)/t19-/m0/s1. The van der Waals surface area contributed by atoms with Crippen LogP contribution in [0.15, 0.2) is 54.9 Å². The van der Waals surface area contributed by atoms with E-state index in [0.717, 1.165) is 30.8 Å². The van der Waals surface area contributed by atoms with Crippen molar-refractivity contribution in [2.45, 2.75) is 25.8 Å². The van der Waals surface area contributed by atoms with Gasteiger partial charge < -0.3 is 5.32 Å². The Bertz CT molecular complexity index is 971. The van der Waals surface area contributed by atoms with Gasteiger partial charge in [0.2, 0.25) is 0 Å². The Balaban J connectivity index is 1.60.